The van der Waals surface area contributed by atoms with Gasteiger partial charge >= 0.3 is 8.34 Å². The maximum absolute atomic E-state index is 8.40. The minimum Gasteiger partial charge on any atom is -0.241 e. The van der Waals surface area contributed by atoms with Gasteiger partial charge in [-0.1, -0.05) is 0 Å². The van der Waals surface area contributed by atoms with Gasteiger partial charge in [0.1, 0.15) is 0 Å². The Kier molecular flexibility index (Phi) is 66.6. The van der Waals surface area contributed by atoms with E-state index in [2.05, 4.69) is 0 Å². The molecule has 0 saturated carbocycles. The summed E-state index contributed by atoms with van der Waals surface area (Å²) in [5.41, 5.74) is 0. The van der Waals surface area contributed by atoms with Crippen molar-refractivity contribution in [1.82, 2.24) is 0 Å². The molecule has 2 nitrogen and oxygen atoms in total. The Balaban J connectivity index is -0.0000000200. The summed E-state index contributed by atoms with van der Waals surface area (Å²) in [4.78, 5) is 0. The summed E-state index contributed by atoms with van der Waals surface area (Å²) in [6, 6.07) is 0. The van der Waals surface area contributed by atoms with Crippen molar-refractivity contribution in [3.63, 3.8) is 0 Å². The molecule has 0 aromatic heterocycles. The van der Waals surface area contributed by atoms with Crippen LogP contribution in [0.25, 0.3) is 0 Å². The molecular formula is HMnO2PV. The van der Waals surface area contributed by atoms with Gasteiger partial charge in [0.2, 0.25) is 0 Å². The van der Waals surface area contributed by atoms with Crippen LogP contribution < -0.4 is 0 Å². The molecule has 0 aromatic rings. The van der Waals surface area contributed by atoms with Crippen molar-refractivity contribution in [3.8, 4) is 0 Å². The molecule has 0 amide bonds. The summed E-state index contributed by atoms with van der Waals surface area (Å²) < 4.78 is 16.8. The Morgan fingerprint density at radius 1 is 1.20 bits per heavy atom. The largest absolute Gasteiger partial charge is 0.303 e. The van der Waals surface area contributed by atoms with Crippen molar-refractivity contribution in [2.24, 2.45) is 0 Å². The maximum Gasteiger partial charge on any atom is 0.303 e. The Hall–Kier alpha value is 1.00. The first-order valence-corrected chi connectivity index (χ1v) is 1.22. The van der Waals surface area contributed by atoms with E-state index >= 15 is 0 Å². The molecule has 30 valence electrons. The molecule has 0 N–H and O–H groups in total. The smallest absolute Gasteiger partial charge is 0.241 e. The molecular weight excluding hydrogens is 169 g/mol. The van der Waals surface area contributed by atoms with Crippen LogP contribution in [0.2, 0.25) is 0 Å². The Labute approximate surface area is 53.3 Å². The zero-order chi connectivity index (χ0) is 2.71. The van der Waals surface area contributed by atoms with Crippen molar-refractivity contribution in [1.29, 1.82) is 0 Å². The van der Waals surface area contributed by atoms with Crippen molar-refractivity contribution in [2.45, 2.75) is 0 Å². The van der Waals surface area contributed by atoms with Crippen LogP contribution >= 0.6 is 8.34 Å². The minimum absolute atomic E-state index is 0. The topological polar surface area (TPSA) is 34.1 Å². The average Bonchev–Trinajstić information content (AvgIpc) is 0.918. The molecule has 5 heteroatoms. The predicted molar refractivity (Wildman–Crippen MR) is 9.69 cm³/mol. The van der Waals surface area contributed by atoms with Crippen LogP contribution in [0, 0.1) is 0 Å². The average molecular weight is 170 g/mol. The maximum atomic E-state index is 8.40. The van der Waals surface area contributed by atoms with Crippen LogP contribution in [0.1, 0.15) is 0 Å². The fourth-order valence-electron chi connectivity index (χ4n) is 0. The van der Waals surface area contributed by atoms with E-state index in [1.807, 2.05) is 0 Å². The Morgan fingerprint density at radius 2 is 1.20 bits per heavy atom. The zero-order valence-electron chi connectivity index (χ0n) is 2.14. The quantitative estimate of drug-likeness (QED) is 0.388. The zero-order valence-corrected chi connectivity index (χ0v) is 5.72. The van der Waals surface area contributed by atoms with E-state index in [0.717, 1.165) is 0 Å². The van der Waals surface area contributed by atoms with Gasteiger partial charge in [0.15, 0.2) is 0 Å². The van der Waals surface area contributed by atoms with Crippen LogP contribution in [0.15, 0.2) is 0 Å². The molecule has 0 aliphatic rings. The molecule has 0 aromatic carbocycles. The van der Waals surface area contributed by atoms with Crippen LogP contribution in [0.3, 0.4) is 0 Å². The molecule has 0 bridgehead atoms. The van der Waals surface area contributed by atoms with Crippen LogP contribution in [0.5, 0.6) is 0 Å². The summed E-state index contributed by atoms with van der Waals surface area (Å²) in [6.45, 7) is 0. The van der Waals surface area contributed by atoms with Crippen LogP contribution in [-0.4, -0.2) is 0 Å². The SMILES string of the molecule is O=[PH]=O.[Mn].[V]. The second-order valence-electron chi connectivity index (χ2n) is 0.0833. The summed E-state index contributed by atoms with van der Waals surface area (Å²) in [5, 5.41) is 0. The summed E-state index contributed by atoms with van der Waals surface area (Å²) in [6.07, 6.45) is 0. The van der Waals surface area contributed by atoms with Gasteiger partial charge in [-0.25, -0.2) is 9.13 Å². The van der Waals surface area contributed by atoms with Gasteiger partial charge in [-0.3, -0.25) is 0 Å². The molecule has 0 aliphatic heterocycles. The molecule has 5 heavy (non-hydrogen) atoms. The van der Waals surface area contributed by atoms with Gasteiger partial charge in [0.25, 0.3) is 0 Å². The molecule has 0 unspecified atom stereocenters. The van der Waals surface area contributed by atoms with Gasteiger partial charge in [-0.15, -0.1) is 0 Å². The summed E-state index contributed by atoms with van der Waals surface area (Å²) in [5.74, 6) is 0. The van der Waals surface area contributed by atoms with E-state index in [4.69, 9.17) is 9.13 Å². The predicted octanol–water partition coefficient (Wildman–Crippen LogP) is 0.351. The van der Waals surface area contributed by atoms with Gasteiger partial charge in [-0.05, 0) is 0 Å². The van der Waals surface area contributed by atoms with Gasteiger partial charge in [-0.2, -0.15) is 0 Å². The molecule has 0 spiro atoms. The van der Waals surface area contributed by atoms with E-state index in [1.165, 1.54) is 0 Å². The van der Waals surface area contributed by atoms with Gasteiger partial charge in [0.05, 0.1) is 0 Å². The second kappa shape index (κ2) is 20.0. The third-order valence-corrected chi connectivity index (χ3v) is 0. The number of rotatable bonds is 0. The van der Waals surface area contributed by atoms with E-state index in [0.29, 0.717) is 0 Å². The molecule has 0 rings (SSSR count). The normalized spacial score (nSPS) is 2.40. The number of hydrogen-bond acceptors (Lipinski definition) is 2. The van der Waals surface area contributed by atoms with Gasteiger partial charge < -0.3 is 0 Å². The first-order valence-electron chi connectivity index (χ1n) is 0.408. The first kappa shape index (κ1) is 16.7. The van der Waals surface area contributed by atoms with Crippen molar-refractivity contribution in [3.05, 3.63) is 0 Å². The molecule has 2 radical (unpaired) electrons. The molecule has 0 fully saturated rings. The van der Waals surface area contributed by atoms with Crippen molar-refractivity contribution >= 4 is 8.34 Å². The molecule has 0 atom stereocenters. The number of hydrogen-bond donors (Lipinski definition) is 0. The standard InChI is InChI=1S/Mn.HO2P.V/c;1-3-2;/h;3H;. The van der Waals surface area contributed by atoms with Crippen molar-refractivity contribution < 1.29 is 44.8 Å². The van der Waals surface area contributed by atoms with E-state index in [-0.39, 0.29) is 35.6 Å². The molecule has 0 heterocycles. The van der Waals surface area contributed by atoms with E-state index < -0.39 is 8.34 Å². The van der Waals surface area contributed by atoms with Crippen LogP contribution in [-0.2, 0) is 44.8 Å². The Bertz CT molecular complexity index is 30.6. The third kappa shape index (κ3) is 44.8. The van der Waals surface area contributed by atoms with Crippen LogP contribution in [0.4, 0.5) is 0 Å². The Morgan fingerprint density at radius 3 is 1.20 bits per heavy atom. The fourth-order valence-corrected chi connectivity index (χ4v) is 0. The summed E-state index contributed by atoms with van der Waals surface area (Å²) in [7, 11) is -1.42. The van der Waals surface area contributed by atoms with Crippen molar-refractivity contribution in [2.75, 3.05) is 0 Å². The second-order valence-corrected chi connectivity index (χ2v) is 0.250. The third-order valence-electron chi connectivity index (χ3n) is 0. The monoisotopic (exact) mass is 170 g/mol. The minimum atomic E-state index is -1.42. The molecule has 0 aliphatic carbocycles. The molecule has 0 saturated heterocycles. The van der Waals surface area contributed by atoms with Gasteiger partial charge in [0, 0.05) is 35.6 Å². The van der Waals surface area contributed by atoms with E-state index in [1.54, 1.807) is 0 Å². The summed E-state index contributed by atoms with van der Waals surface area (Å²) >= 11 is 0. The first-order chi connectivity index (χ1) is 1.41. The van der Waals surface area contributed by atoms with E-state index in [9.17, 15) is 0 Å². The fraction of sp³-hybridized carbons (Fsp3) is 0.